The zero-order valence-corrected chi connectivity index (χ0v) is 15.1. The first-order valence-electron chi connectivity index (χ1n) is 7.58. The second-order valence-corrected chi connectivity index (χ2v) is 6.71. The third kappa shape index (κ3) is 4.32. The number of halogens is 1. The van der Waals surface area contributed by atoms with Gasteiger partial charge in [-0.2, -0.15) is 5.26 Å². The van der Waals surface area contributed by atoms with E-state index in [4.69, 9.17) is 21.6 Å². The lowest BCUT2D eigenvalue weighted by atomic mass is 10.2. The van der Waals surface area contributed by atoms with E-state index in [2.05, 4.69) is 16.3 Å². The van der Waals surface area contributed by atoms with Crippen LogP contribution in [0.1, 0.15) is 5.56 Å². The summed E-state index contributed by atoms with van der Waals surface area (Å²) in [6, 6.07) is 16.7. The number of hydrogen-bond donors (Lipinski definition) is 0. The van der Waals surface area contributed by atoms with Gasteiger partial charge in [-0.25, -0.2) is 0 Å². The third-order valence-electron chi connectivity index (χ3n) is 3.48. The van der Waals surface area contributed by atoms with Crippen LogP contribution in [-0.4, -0.2) is 27.1 Å². The molecule has 5 nitrogen and oxygen atoms in total. The van der Waals surface area contributed by atoms with Gasteiger partial charge >= 0.3 is 0 Å². The Balaban J connectivity index is 1.57. The minimum absolute atomic E-state index is 0.517. The molecule has 0 saturated heterocycles. The summed E-state index contributed by atoms with van der Waals surface area (Å²) in [7, 11) is 1.93. The normalized spacial score (nSPS) is 10.4. The van der Waals surface area contributed by atoms with E-state index >= 15 is 0 Å². The molecule has 0 unspecified atom stereocenters. The van der Waals surface area contributed by atoms with Crippen LogP contribution in [0.25, 0.3) is 11.4 Å². The second-order valence-electron chi connectivity index (χ2n) is 5.21. The van der Waals surface area contributed by atoms with Gasteiger partial charge in [-0.15, -0.1) is 10.2 Å². The number of ether oxygens (including phenoxy) is 1. The summed E-state index contributed by atoms with van der Waals surface area (Å²) in [4.78, 5) is 0. The molecule has 7 heteroatoms. The Hall–Kier alpha value is -2.49. The molecule has 0 N–H and O–H groups in total. The van der Waals surface area contributed by atoms with Gasteiger partial charge in [-0.1, -0.05) is 29.4 Å². The molecule has 0 aliphatic rings. The molecule has 1 heterocycles. The van der Waals surface area contributed by atoms with Crippen LogP contribution in [0.2, 0.25) is 5.02 Å². The molecule has 3 aromatic rings. The summed E-state index contributed by atoms with van der Waals surface area (Å²) >= 11 is 7.49. The van der Waals surface area contributed by atoms with Gasteiger partial charge in [0.15, 0.2) is 11.0 Å². The molecule has 0 atom stereocenters. The highest BCUT2D eigenvalue weighted by molar-refractivity contribution is 7.99. The molecule has 1 aromatic heterocycles. The zero-order chi connectivity index (χ0) is 17.6. The van der Waals surface area contributed by atoms with Gasteiger partial charge in [-0.3, -0.25) is 0 Å². The smallest absolute Gasteiger partial charge is 0.191 e. The van der Waals surface area contributed by atoms with Crippen LogP contribution in [0.3, 0.4) is 0 Å². The number of nitrogens with zero attached hydrogens (tertiary/aromatic N) is 4. The van der Waals surface area contributed by atoms with Crippen molar-refractivity contribution in [2.75, 3.05) is 12.4 Å². The maximum Gasteiger partial charge on any atom is 0.191 e. The Bertz CT molecular complexity index is 902. The first-order chi connectivity index (χ1) is 12.2. The zero-order valence-electron chi connectivity index (χ0n) is 13.5. The fourth-order valence-corrected chi connectivity index (χ4v) is 3.09. The summed E-state index contributed by atoms with van der Waals surface area (Å²) in [5.74, 6) is 2.21. The highest BCUT2D eigenvalue weighted by Crippen LogP contribution is 2.24. The number of thioether (sulfide) groups is 1. The van der Waals surface area contributed by atoms with Gasteiger partial charge in [-0.05, 0) is 42.5 Å². The Morgan fingerprint density at radius 2 is 2.00 bits per heavy atom. The predicted molar refractivity (Wildman–Crippen MR) is 98.8 cm³/mol. The summed E-state index contributed by atoms with van der Waals surface area (Å²) < 4.78 is 7.62. The first kappa shape index (κ1) is 17.3. The van der Waals surface area contributed by atoms with Gasteiger partial charge in [0.1, 0.15) is 5.75 Å². The molecular weight excluding hydrogens is 356 g/mol. The van der Waals surface area contributed by atoms with Gasteiger partial charge in [0.25, 0.3) is 0 Å². The average Bonchev–Trinajstić information content (AvgIpc) is 3.00. The lowest BCUT2D eigenvalue weighted by Crippen LogP contribution is -2.02. The highest BCUT2D eigenvalue weighted by atomic mass is 35.5. The van der Waals surface area contributed by atoms with E-state index in [1.165, 1.54) is 0 Å². The van der Waals surface area contributed by atoms with Crippen LogP contribution >= 0.6 is 23.4 Å². The fourth-order valence-electron chi connectivity index (χ4n) is 2.24. The van der Waals surface area contributed by atoms with Crippen molar-refractivity contribution in [1.29, 1.82) is 5.26 Å². The Morgan fingerprint density at radius 3 is 2.76 bits per heavy atom. The average molecular weight is 371 g/mol. The Kier molecular flexibility index (Phi) is 5.59. The summed E-state index contributed by atoms with van der Waals surface area (Å²) in [6.07, 6.45) is 0. The van der Waals surface area contributed by atoms with Crippen molar-refractivity contribution < 1.29 is 4.74 Å². The predicted octanol–water partition coefficient (Wildman–Crippen LogP) is 4.18. The van der Waals surface area contributed by atoms with E-state index in [1.54, 1.807) is 23.9 Å². The van der Waals surface area contributed by atoms with Crippen molar-refractivity contribution in [3.8, 4) is 23.2 Å². The Labute approximate surface area is 155 Å². The standard InChI is InChI=1S/C18H15ClN4OS/c1-23-17(14-5-7-15(19)8-6-14)21-22-18(23)25-10-9-24-16-4-2-3-13(11-16)12-20/h2-8,11H,9-10H2,1H3. The number of aromatic nitrogens is 3. The fraction of sp³-hybridized carbons (Fsp3) is 0.167. The van der Waals surface area contributed by atoms with Crippen molar-refractivity contribution in [1.82, 2.24) is 14.8 Å². The van der Waals surface area contributed by atoms with Gasteiger partial charge in [0.05, 0.1) is 18.2 Å². The molecule has 0 amide bonds. The molecule has 2 aromatic carbocycles. The topological polar surface area (TPSA) is 63.7 Å². The number of rotatable bonds is 6. The molecule has 0 aliphatic heterocycles. The van der Waals surface area contributed by atoms with Crippen molar-refractivity contribution in [2.24, 2.45) is 7.05 Å². The van der Waals surface area contributed by atoms with E-state index in [0.717, 1.165) is 22.3 Å². The first-order valence-corrected chi connectivity index (χ1v) is 8.95. The van der Waals surface area contributed by atoms with E-state index in [-0.39, 0.29) is 0 Å². The molecule has 0 spiro atoms. The molecule has 126 valence electrons. The van der Waals surface area contributed by atoms with Crippen LogP contribution in [0, 0.1) is 11.3 Å². The van der Waals surface area contributed by atoms with Crippen molar-refractivity contribution in [3.05, 3.63) is 59.1 Å². The van der Waals surface area contributed by atoms with Crippen molar-refractivity contribution in [3.63, 3.8) is 0 Å². The van der Waals surface area contributed by atoms with E-state index in [1.807, 2.05) is 48.0 Å². The third-order valence-corrected chi connectivity index (χ3v) is 4.72. The van der Waals surface area contributed by atoms with E-state index in [9.17, 15) is 0 Å². The number of hydrogen-bond acceptors (Lipinski definition) is 5. The minimum atomic E-state index is 0.517. The quantitative estimate of drug-likeness (QED) is 0.481. The lowest BCUT2D eigenvalue weighted by molar-refractivity contribution is 0.343. The summed E-state index contributed by atoms with van der Waals surface area (Å²) in [6.45, 7) is 0.517. The minimum Gasteiger partial charge on any atom is -0.493 e. The molecule has 3 rings (SSSR count). The van der Waals surface area contributed by atoms with Crippen LogP contribution in [-0.2, 0) is 7.05 Å². The molecule has 0 radical (unpaired) electrons. The van der Waals surface area contributed by atoms with E-state index in [0.29, 0.717) is 22.9 Å². The molecule has 0 aliphatic carbocycles. The molecule has 25 heavy (non-hydrogen) atoms. The monoisotopic (exact) mass is 370 g/mol. The second kappa shape index (κ2) is 8.06. The van der Waals surface area contributed by atoms with Gasteiger partial charge in [0.2, 0.25) is 0 Å². The molecular formula is C18H15ClN4OS. The van der Waals surface area contributed by atoms with Crippen LogP contribution in [0.4, 0.5) is 0 Å². The van der Waals surface area contributed by atoms with Gasteiger partial charge < -0.3 is 9.30 Å². The van der Waals surface area contributed by atoms with E-state index < -0.39 is 0 Å². The van der Waals surface area contributed by atoms with Crippen molar-refractivity contribution in [2.45, 2.75) is 5.16 Å². The maximum atomic E-state index is 8.89. The number of nitriles is 1. The largest absolute Gasteiger partial charge is 0.493 e. The molecule has 0 bridgehead atoms. The van der Waals surface area contributed by atoms with Gasteiger partial charge in [0, 0.05) is 23.4 Å². The number of benzene rings is 2. The SMILES string of the molecule is Cn1c(SCCOc2cccc(C#N)c2)nnc1-c1ccc(Cl)cc1. The summed E-state index contributed by atoms with van der Waals surface area (Å²) in [5.41, 5.74) is 1.56. The van der Waals surface area contributed by atoms with Crippen molar-refractivity contribution >= 4 is 23.4 Å². The molecule has 0 fully saturated rings. The summed E-state index contributed by atoms with van der Waals surface area (Å²) in [5, 5.41) is 18.9. The van der Waals surface area contributed by atoms with Crippen LogP contribution < -0.4 is 4.74 Å². The maximum absolute atomic E-state index is 8.89. The van der Waals surface area contributed by atoms with Crippen LogP contribution in [0.5, 0.6) is 5.75 Å². The Morgan fingerprint density at radius 1 is 1.20 bits per heavy atom. The highest BCUT2D eigenvalue weighted by Gasteiger charge is 2.11. The lowest BCUT2D eigenvalue weighted by Gasteiger charge is -2.06. The van der Waals surface area contributed by atoms with Crippen LogP contribution in [0.15, 0.2) is 53.7 Å². The molecule has 0 saturated carbocycles.